The van der Waals surface area contributed by atoms with Gasteiger partial charge in [-0.2, -0.15) is 8.42 Å². The fraction of sp³-hybridized carbons (Fsp3) is 0. The van der Waals surface area contributed by atoms with Crippen molar-refractivity contribution < 1.29 is 13.0 Å². The summed E-state index contributed by atoms with van der Waals surface area (Å²) in [7, 11) is -4.20. The van der Waals surface area contributed by atoms with Crippen LogP contribution in [0.1, 0.15) is 0 Å². The van der Waals surface area contributed by atoms with E-state index in [1.807, 2.05) is 42.5 Å². The molecule has 1 heterocycles. The molecule has 3 aromatic carbocycles. The third-order valence-corrected chi connectivity index (χ3v) is 4.90. The highest BCUT2D eigenvalue weighted by molar-refractivity contribution is 7.85. The Labute approximate surface area is 139 Å². The van der Waals surface area contributed by atoms with Crippen LogP contribution in [0.2, 0.25) is 0 Å². The standard InChI is InChI=1S/C19H13NO3S/c21-24(22,23)14-11-9-13(10-12-14)19-17-7-2-1-5-15(17)16-6-3-4-8-18(16)20-19/h1-12H,(H,21,22,23). The van der Waals surface area contributed by atoms with E-state index < -0.39 is 10.1 Å². The molecule has 0 bridgehead atoms. The van der Waals surface area contributed by atoms with Crippen LogP contribution in [0.3, 0.4) is 0 Å². The second-order valence-corrected chi connectivity index (χ2v) is 6.94. The molecule has 0 radical (unpaired) electrons. The van der Waals surface area contributed by atoms with E-state index in [1.165, 1.54) is 12.1 Å². The van der Waals surface area contributed by atoms with Gasteiger partial charge in [0.05, 0.1) is 16.1 Å². The van der Waals surface area contributed by atoms with Crippen molar-refractivity contribution in [2.75, 3.05) is 0 Å². The lowest BCUT2D eigenvalue weighted by atomic mass is 10.0. The summed E-state index contributed by atoms with van der Waals surface area (Å²) >= 11 is 0. The average molecular weight is 335 g/mol. The minimum Gasteiger partial charge on any atom is -0.282 e. The maximum absolute atomic E-state index is 11.2. The Balaban J connectivity index is 2.02. The molecule has 4 nitrogen and oxygen atoms in total. The predicted molar refractivity (Wildman–Crippen MR) is 94.5 cm³/mol. The molecule has 0 fully saturated rings. The van der Waals surface area contributed by atoms with Gasteiger partial charge >= 0.3 is 0 Å². The lowest BCUT2D eigenvalue weighted by Crippen LogP contribution is -1.97. The molecule has 1 aromatic heterocycles. The van der Waals surface area contributed by atoms with E-state index in [4.69, 9.17) is 9.54 Å². The summed E-state index contributed by atoms with van der Waals surface area (Å²) in [4.78, 5) is 4.63. The fourth-order valence-corrected chi connectivity index (χ4v) is 3.39. The molecule has 0 saturated heterocycles. The molecule has 0 amide bonds. The van der Waals surface area contributed by atoms with E-state index in [-0.39, 0.29) is 4.90 Å². The topological polar surface area (TPSA) is 67.3 Å². The molecule has 0 atom stereocenters. The second-order valence-electron chi connectivity index (χ2n) is 5.52. The molecule has 1 N–H and O–H groups in total. The van der Waals surface area contributed by atoms with Crippen molar-refractivity contribution in [1.29, 1.82) is 0 Å². The van der Waals surface area contributed by atoms with Gasteiger partial charge in [-0.3, -0.25) is 4.55 Å². The summed E-state index contributed by atoms with van der Waals surface area (Å²) in [5, 5.41) is 3.17. The van der Waals surface area contributed by atoms with Crippen LogP contribution in [0.15, 0.2) is 77.7 Å². The minimum atomic E-state index is -4.20. The third-order valence-electron chi connectivity index (χ3n) is 4.03. The van der Waals surface area contributed by atoms with Gasteiger partial charge in [-0.15, -0.1) is 0 Å². The summed E-state index contributed by atoms with van der Waals surface area (Å²) < 4.78 is 31.5. The first-order valence-corrected chi connectivity index (χ1v) is 8.83. The number of para-hydroxylation sites is 1. The van der Waals surface area contributed by atoms with E-state index in [0.717, 1.165) is 32.9 Å². The van der Waals surface area contributed by atoms with Crippen LogP contribution in [0, 0.1) is 0 Å². The molecule has 0 aliphatic heterocycles. The lowest BCUT2D eigenvalue weighted by Gasteiger charge is -2.10. The number of fused-ring (bicyclic) bond motifs is 3. The average Bonchev–Trinajstić information content (AvgIpc) is 2.60. The van der Waals surface area contributed by atoms with Gasteiger partial charge < -0.3 is 0 Å². The SMILES string of the molecule is O=S(=O)(O)c1ccc(-c2nc3ccccc3c3ccccc23)cc1. The number of rotatable bonds is 2. The van der Waals surface area contributed by atoms with E-state index in [0.29, 0.717) is 0 Å². The first-order valence-electron chi connectivity index (χ1n) is 7.39. The number of aromatic nitrogens is 1. The third kappa shape index (κ3) is 2.44. The summed E-state index contributed by atoms with van der Waals surface area (Å²) in [6, 6.07) is 22.0. The van der Waals surface area contributed by atoms with Crippen LogP contribution in [-0.2, 0) is 10.1 Å². The second kappa shape index (κ2) is 5.40. The molecular formula is C19H13NO3S. The lowest BCUT2D eigenvalue weighted by molar-refractivity contribution is 0.483. The van der Waals surface area contributed by atoms with Crippen molar-refractivity contribution in [3.8, 4) is 11.3 Å². The van der Waals surface area contributed by atoms with Crippen molar-refractivity contribution in [1.82, 2.24) is 4.98 Å². The zero-order valence-corrected chi connectivity index (χ0v) is 13.4. The Morgan fingerprint density at radius 1 is 0.708 bits per heavy atom. The number of nitrogens with zero attached hydrogens (tertiary/aromatic N) is 1. The monoisotopic (exact) mass is 335 g/mol. The summed E-state index contributed by atoms with van der Waals surface area (Å²) in [5.41, 5.74) is 2.46. The largest absolute Gasteiger partial charge is 0.294 e. The molecular weight excluding hydrogens is 322 g/mol. The number of benzene rings is 3. The van der Waals surface area contributed by atoms with Gasteiger partial charge in [-0.1, -0.05) is 54.6 Å². The molecule has 24 heavy (non-hydrogen) atoms. The minimum absolute atomic E-state index is 0.128. The van der Waals surface area contributed by atoms with Gasteiger partial charge in [0, 0.05) is 16.3 Å². The van der Waals surface area contributed by atoms with Gasteiger partial charge in [0.15, 0.2) is 0 Å². The van der Waals surface area contributed by atoms with Crippen LogP contribution < -0.4 is 0 Å². The fourth-order valence-electron chi connectivity index (χ4n) is 2.91. The van der Waals surface area contributed by atoms with E-state index >= 15 is 0 Å². The molecule has 0 saturated carbocycles. The van der Waals surface area contributed by atoms with Crippen molar-refractivity contribution in [3.05, 3.63) is 72.8 Å². The van der Waals surface area contributed by atoms with Gasteiger partial charge in [-0.25, -0.2) is 4.98 Å². The van der Waals surface area contributed by atoms with E-state index in [2.05, 4.69) is 6.07 Å². The van der Waals surface area contributed by atoms with Crippen LogP contribution in [-0.4, -0.2) is 18.0 Å². The number of pyridine rings is 1. The Kier molecular flexibility index (Phi) is 3.33. The van der Waals surface area contributed by atoms with Crippen LogP contribution in [0.5, 0.6) is 0 Å². The molecule has 5 heteroatoms. The van der Waals surface area contributed by atoms with E-state index in [9.17, 15) is 8.42 Å². The summed E-state index contributed by atoms with van der Waals surface area (Å²) in [5.74, 6) is 0. The van der Waals surface area contributed by atoms with Crippen molar-refractivity contribution in [2.45, 2.75) is 4.90 Å². The summed E-state index contributed by atoms with van der Waals surface area (Å²) in [6.07, 6.45) is 0. The van der Waals surface area contributed by atoms with Crippen LogP contribution >= 0.6 is 0 Å². The molecule has 0 spiro atoms. The smallest absolute Gasteiger partial charge is 0.282 e. The predicted octanol–water partition coefficient (Wildman–Crippen LogP) is 4.30. The highest BCUT2D eigenvalue weighted by Crippen LogP contribution is 2.32. The van der Waals surface area contributed by atoms with Gasteiger partial charge in [0.1, 0.15) is 0 Å². The van der Waals surface area contributed by atoms with Crippen LogP contribution in [0.25, 0.3) is 32.9 Å². The molecule has 118 valence electrons. The van der Waals surface area contributed by atoms with E-state index in [1.54, 1.807) is 12.1 Å². The normalized spacial score (nSPS) is 11.9. The molecule has 4 aromatic rings. The molecule has 4 rings (SSSR count). The Morgan fingerprint density at radius 2 is 1.29 bits per heavy atom. The maximum Gasteiger partial charge on any atom is 0.294 e. The zero-order valence-electron chi connectivity index (χ0n) is 12.5. The summed E-state index contributed by atoms with van der Waals surface area (Å²) in [6.45, 7) is 0. The highest BCUT2D eigenvalue weighted by atomic mass is 32.2. The number of hydrogen-bond donors (Lipinski definition) is 1. The Bertz CT molecular complexity index is 1170. The molecule has 0 unspecified atom stereocenters. The molecule has 0 aliphatic carbocycles. The highest BCUT2D eigenvalue weighted by Gasteiger charge is 2.12. The molecule has 0 aliphatic rings. The van der Waals surface area contributed by atoms with Gasteiger partial charge in [0.2, 0.25) is 0 Å². The Morgan fingerprint density at radius 3 is 1.96 bits per heavy atom. The van der Waals surface area contributed by atoms with Crippen molar-refractivity contribution >= 4 is 31.8 Å². The number of hydrogen-bond acceptors (Lipinski definition) is 3. The van der Waals surface area contributed by atoms with Gasteiger partial charge in [0.25, 0.3) is 10.1 Å². The first kappa shape index (κ1) is 14.8. The maximum atomic E-state index is 11.2. The van der Waals surface area contributed by atoms with Crippen molar-refractivity contribution in [3.63, 3.8) is 0 Å². The van der Waals surface area contributed by atoms with Crippen molar-refractivity contribution in [2.24, 2.45) is 0 Å². The quantitative estimate of drug-likeness (QED) is 0.438. The Hall–Kier alpha value is -2.76. The first-order chi connectivity index (χ1) is 11.5. The zero-order chi connectivity index (χ0) is 16.7. The van der Waals surface area contributed by atoms with Crippen LogP contribution in [0.4, 0.5) is 0 Å². The van der Waals surface area contributed by atoms with Gasteiger partial charge in [-0.05, 0) is 23.6 Å².